The van der Waals surface area contributed by atoms with Crippen molar-refractivity contribution in [3.63, 3.8) is 0 Å². The molecule has 0 saturated carbocycles. The summed E-state index contributed by atoms with van der Waals surface area (Å²) in [4.78, 5) is 25.5. The van der Waals surface area contributed by atoms with Gasteiger partial charge in [-0.25, -0.2) is 0 Å². The molecule has 0 atom stereocenters. The molecule has 0 aliphatic heterocycles. The van der Waals surface area contributed by atoms with Gasteiger partial charge in [-0.1, -0.05) is 0 Å². The summed E-state index contributed by atoms with van der Waals surface area (Å²) in [6, 6.07) is 1.51. The third-order valence-electron chi connectivity index (χ3n) is 2.96. The van der Waals surface area contributed by atoms with Gasteiger partial charge in [-0.3, -0.25) is 14.7 Å². The third kappa shape index (κ3) is 3.57. The van der Waals surface area contributed by atoms with Gasteiger partial charge in [0.25, 0.3) is 11.5 Å². The normalized spacial score (nSPS) is 10.5. The first-order valence-corrected chi connectivity index (χ1v) is 7.02. The van der Waals surface area contributed by atoms with Crippen LogP contribution in [0.3, 0.4) is 0 Å². The molecule has 0 fully saturated rings. The largest absolute Gasteiger partial charge is 0.352 e. The number of aromatic amines is 2. The number of nitrogens with one attached hydrogen (secondary N) is 3. The molecule has 0 aliphatic rings. The second-order valence-electron chi connectivity index (χ2n) is 4.45. The maximum Gasteiger partial charge on any atom is 0.262 e. The van der Waals surface area contributed by atoms with Gasteiger partial charge < -0.3 is 10.3 Å². The molecule has 2 aromatic heterocycles. The van der Waals surface area contributed by atoms with Gasteiger partial charge >= 0.3 is 0 Å². The van der Waals surface area contributed by atoms with Gasteiger partial charge in [0.05, 0.1) is 16.2 Å². The zero-order valence-corrected chi connectivity index (χ0v) is 12.6. The maximum atomic E-state index is 11.9. The van der Waals surface area contributed by atoms with Crippen LogP contribution in [0.2, 0.25) is 0 Å². The summed E-state index contributed by atoms with van der Waals surface area (Å²) < 4.78 is 0.346. The highest BCUT2D eigenvalue weighted by Gasteiger charge is 2.07. The van der Waals surface area contributed by atoms with Crippen LogP contribution in [0.25, 0.3) is 0 Å². The second kappa shape index (κ2) is 6.51. The Morgan fingerprint density at radius 2 is 2.30 bits per heavy atom. The number of aryl methyl sites for hydroxylation is 2. The lowest BCUT2D eigenvalue weighted by atomic mass is 10.1. The summed E-state index contributed by atoms with van der Waals surface area (Å²) >= 11 is 3.10. The van der Waals surface area contributed by atoms with Crippen molar-refractivity contribution in [2.45, 2.75) is 19.8 Å². The van der Waals surface area contributed by atoms with Crippen LogP contribution in [0.5, 0.6) is 0 Å². The molecule has 2 aromatic rings. The minimum absolute atomic E-state index is 0.203. The van der Waals surface area contributed by atoms with E-state index < -0.39 is 0 Å². The topological polar surface area (TPSA) is 90.6 Å². The van der Waals surface area contributed by atoms with E-state index in [0.29, 0.717) is 16.6 Å². The lowest BCUT2D eigenvalue weighted by Gasteiger charge is -2.05. The molecular formula is C13H15BrN4O2. The summed E-state index contributed by atoms with van der Waals surface area (Å²) in [5.74, 6) is -0.203. The van der Waals surface area contributed by atoms with Gasteiger partial charge in [-0.05, 0) is 47.3 Å². The zero-order valence-electron chi connectivity index (χ0n) is 11.0. The highest BCUT2D eigenvalue weighted by molar-refractivity contribution is 9.10. The van der Waals surface area contributed by atoms with E-state index in [1.54, 1.807) is 6.20 Å². The van der Waals surface area contributed by atoms with Gasteiger partial charge in [0.2, 0.25) is 0 Å². The Morgan fingerprint density at radius 1 is 1.50 bits per heavy atom. The summed E-state index contributed by atoms with van der Waals surface area (Å²) in [6.07, 6.45) is 4.90. The predicted octanol–water partition coefficient (Wildman–Crippen LogP) is 1.53. The van der Waals surface area contributed by atoms with Crippen molar-refractivity contribution in [2.75, 3.05) is 6.54 Å². The lowest BCUT2D eigenvalue weighted by molar-refractivity contribution is 0.0953. The number of rotatable bonds is 5. The molecule has 6 nitrogen and oxygen atoms in total. The van der Waals surface area contributed by atoms with Crippen LogP contribution in [0, 0.1) is 6.92 Å². The first-order chi connectivity index (χ1) is 9.58. The Balaban J connectivity index is 1.82. The van der Waals surface area contributed by atoms with Crippen molar-refractivity contribution in [2.24, 2.45) is 0 Å². The minimum Gasteiger partial charge on any atom is -0.352 e. The highest BCUT2D eigenvalue weighted by Crippen LogP contribution is 2.06. The molecule has 0 saturated heterocycles. The molecule has 20 heavy (non-hydrogen) atoms. The van der Waals surface area contributed by atoms with Crippen LogP contribution >= 0.6 is 15.9 Å². The van der Waals surface area contributed by atoms with Crippen LogP contribution in [0.4, 0.5) is 0 Å². The molecule has 2 heterocycles. The van der Waals surface area contributed by atoms with Crippen LogP contribution in [0.1, 0.15) is 28.0 Å². The van der Waals surface area contributed by atoms with Crippen molar-refractivity contribution in [1.82, 2.24) is 20.5 Å². The fraction of sp³-hybridized carbons (Fsp3) is 0.308. The summed E-state index contributed by atoms with van der Waals surface area (Å²) in [5.41, 5.74) is 2.39. The van der Waals surface area contributed by atoms with E-state index in [1.807, 2.05) is 6.92 Å². The number of nitrogens with zero attached hydrogens (tertiary/aromatic N) is 1. The Morgan fingerprint density at radius 3 is 2.95 bits per heavy atom. The first kappa shape index (κ1) is 14.5. The maximum absolute atomic E-state index is 11.9. The molecule has 106 valence electrons. The summed E-state index contributed by atoms with van der Waals surface area (Å²) in [5, 5.41) is 9.64. The van der Waals surface area contributed by atoms with Crippen LogP contribution in [-0.4, -0.2) is 27.6 Å². The molecule has 2 rings (SSSR count). The fourth-order valence-electron chi connectivity index (χ4n) is 1.80. The van der Waals surface area contributed by atoms with E-state index in [0.717, 1.165) is 24.1 Å². The van der Waals surface area contributed by atoms with Crippen LogP contribution < -0.4 is 10.9 Å². The average molecular weight is 339 g/mol. The van der Waals surface area contributed by atoms with Gasteiger partial charge in [0.15, 0.2) is 0 Å². The monoisotopic (exact) mass is 338 g/mol. The number of hydrogen-bond donors (Lipinski definition) is 3. The molecule has 0 spiro atoms. The molecule has 1 amide bonds. The van der Waals surface area contributed by atoms with Crippen LogP contribution in [0.15, 0.2) is 27.7 Å². The number of pyridine rings is 1. The Hall–Kier alpha value is -1.89. The van der Waals surface area contributed by atoms with Crippen molar-refractivity contribution in [3.8, 4) is 0 Å². The third-order valence-corrected chi connectivity index (χ3v) is 3.55. The molecule has 0 unspecified atom stereocenters. The van der Waals surface area contributed by atoms with Gasteiger partial charge in [-0.15, -0.1) is 0 Å². The standard InChI is InChI=1S/C13H15BrN4O2/c1-8-9(7-17-18-8)3-2-4-15-12(19)10-5-11(14)13(20)16-6-10/h5-7H,2-4H2,1H3,(H,15,19)(H,16,20)(H,17,18). The number of aromatic nitrogens is 3. The Kier molecular flexibility index (Phi) is 4.73. The number of carbonyl (C=O) groups is 1. The van der Waals surface area contributed by atoms with Crippen LogP contribution in [-0.2, 0) is 6.42 Å². The zero-order chi connectivity index (χ0) is 14.5. The predicted molar refractivity (Wildman–Crippen MR) is 78.7 cm³/mol. The fourth-order valence-corrected chi connectivity index (χ4v) is 2.16. The van der Waals surface area contributed by atoms with E-state index in [-0.39, 0.29) is 11.5 Å². The molecule has 0 bridgehead atoms. The lowest BCUT2D eigenvalue weighted by Crippen LogP contribution is -2.25. The second-order valence-corrected chi connectivity index (χ2v) is 5.30. The van der Waals surface area contributed by atoms with Gasteiger partial charge in [0, 0.05) is 18.4 Å². The van der Waals surface area contributed by atoms with Crippen molar-refractivity contribution >= 4 is 21.8 Å². The molecule has 3 N–H and O–H groups in total. The van der Waals surface area contributed by atoms with E-state index in [2.05, 4.69) is 36.4 Å². The first-order valence-electron chi connectivity index (χ1n) is 6.23. The summed E-state index contributed by atoms with van der Waals surface area (Å²) in [7, 11) is 0. The number of hydrogen-bond acceptors (Lipinski definition) is 3. The number of H-pyrrole nitrogens is 2. The molecule has 7 heteroatoms. The number of amides is 1. The smallest absolute Gasteiger partial charge is 0.262 e. The van der Waals surface area contributed by atoms with Gasteiger partial charge in [-0.2, -0.15) is 5.10 Å². The molecule has 0 radical (unpaired) electrons. The van der Waals surface area contributed by atoms with E-state index in [1.165, 1.54) is 12.3 Å². The van der Waals surface area contributed by atoms with E-state index in [9.17, 15) is 9.59 Å². The molecule has 0 aromatic carbocycles. The highest BCUT2D eigenvalue weighted by atomic mass is 79.9. The van der Waals surface area contributed by atoms with E-state index in [4.69, 9.17) is 0 Å². The van der Waals surface area contributed by atoms with Gasteiger partial charge in [0.1, 0.15) is 0 Å². The Labute approximate surface area is 124 Å². The molecular weight excluding hydrogens is 324 g/mol. The number of halogens is 1. The van der Waals surface area contributed by atoms with Crippen molar-refractivity contribution < 1.29 is 4.79 Å². The minimum atomic E-state index is -0.253. The molecule has 0 aliphatic carbocycles. The van der Waals surface area contributed by atoms with Crippen molar-refractivity contribution in [3.05, 3.63) is 50.1 Å². The Bertz CT molecular complexity index is 662. The summed E-state index contributed by atoms with van der Waals surface area (Å²) in [6.45, 7) is 2.54. The quantitative estimate of drug-likeness (QED) is 0.722. The average Bonchev–Trinajstić information content (AvgIpc) is 2.83. The SMILES string of the molecule is Cc1[nH]ncc1CCCNC(=O)c1c[nH]c(=O)c(Br)c1. The number of carbonyl (C=O) groups excluding carboxylic acids is 1. The van der Waals surface area contributed by atoms with E-state index >= 15 is 0 Å². The van der Waals surface area contributed by atoms with Crippen molar-refractivity contribution in [1.29, 1.82) is 0 Å².